The van der Waals surface area contributed by atoms with Gasteiger partial charge in [0.25, 0.3) is 0 Å². The molecule has 0 aromatic rings. The lowest BCUT2D eigenvalue weighted by atomic mass is 9.99. The third-order valence-corrected chi connectivity index (χ3v) is 1.90. The van der Waals surface area contributed by atoms with E-state index in [0.717, 1.165) is 6.42 Å². The SMILES string of the molecule is CCN[C@@H](C(=O)O)[C@@H](C)CC. The van der Waals surface area contributed by atoms with E-state index in [9.17, 15) is 4.79 Å². The van der Waals surface area contributed by atoms with Gasteiger partial charge in [0.1, 0.15) is 6.04 Å². The Balaban J connectivity index is 3.97. The van der Waals surface area contributed by atoms with Gasteiger partial charge in [0.2, 0.25) is 0 Å². The Morgan fingerprint density at radius 2 is 2.09 bits per heavy atom. The van der Waals surface area contributed by atoms with Crippen LogP contribution in [0.4, 0.5) is 0 Å². The van der Waals surface area contributed by atoms with Crippen LogP contribution in [0.2, 0.25) is 0 Å². The number of carbonyl (C=O) groups is 1. The molecule has 0 spiro atoms. The first-order chi connectivity index (χ1) is 5.13. The van der Waals surface area contributed by atoms with E-state index in [2.05, 4.69) is 5.32 Å². The minimum absolute atomic E-state index is 0.201. The summed E-state index contributed by atoms with van der Waals surface area (Å²) in [6, 6.07) is -0.384. The second kappa shape index (κ2) is 5.13. The van der Waals surface area contributed by atoms with Gasteiger partial charge in [0.15, 0.2) is 0 Å². The third kappa shape index (κ3) is 3.37. The minimum Gasteiger partial charge on any atom is -0.480 e. The summed E-state index contributed by atoms with van der Waals surface area (Å²) < 4.78 is 0. The first-order valence-electron chi connectivity index (χ1n) is 4.09. The summed E-state index contributed by atoms with van der Waals surface area (Å²) in [4.78, 5) is 10.6. The molecule has 2 atom stereocenters. The Kier molecular flexibility index (Phi) is 4.86. The van der Waals surface area contributed by atoms with E-state index in [1.54, 1.807) is 0 Å². The fraction of sp³-hybridized carbons (Fsp3) is 0.875. The predicted octanol–water partition coefficient (Wildman–Crippen LogP) is 1.10. The summed E-state index contributed by atoms with van der Waals surface area (Å²) in [5, 5.41) is 11.7. The van der Waals surface area contributed by atoms with Crippen molar-refractivity contribution in [2.24, 2.45) is 5.92 Å². The van der Waals surface area contributed by atoms with Gasteiger partial charge < -0.3 is 10.4 Å². The van der Waals surface area contributed by atoms with Crippen LogP contribution < -0.4 is 5.32 Å². The zero-order chi connectivity index (χ0) is 8.85. The zero-order valence-corrected chi connectivity index (χ0v) is 7.42. The summed E-state index contributed by atoms with van der Waals surface area (Å²) in [5.74, 6) is -0.548. The number of likely N-dealkylation sites (N-methyl/N-ethyl adjacent to an activating group) is 1. The molecule has 0 aromatic heterocycles. The highest BCUT2D eigenvalue weighted by Crippen LogP contribution is 2.07. The maximum atomic E-state index is 10.6. The van der Waals surface area contributed by atoms with Gasteiger partial charge in [-0.1, -0.05) is 27.2 Å². The van der Waals surface area contributed by atoms with Gasteiger partial charge in [-0.2, -0.15) is 0 Å². The summed E-state index contributed by atoms with van der Waals surface area (Å²) in [7, 11) is 0. The Hall–Kier alpha value is -0.570. The highest BCUT2D eigenvalue weighted by Gasteiger charge is 2.21. The fourth-order valence-electron chi connectivity index (χ4n) is 0.988. The van der Waals surface area contributed by atoms with Gasteiger partial charge in [0.05, 0.1) is 0 Å². The van der Waals surface area contributed by atoms with Crippen molar-refractivity contribution in [2.75, 3.05) is 6.54 Å². The molecular formula is C8H17NO2. The van der Waals surface area contributed by atoms with Crippen LogP contribution in [0.15, 0.2) is 0 Å². The van der Waals surface area contributed by atoms with Gasteiger partial charge in [-0.25, -0.2) is 0 Å². The number of hydrogen-bond donors (Lipinski definition) is 2. The largest absolute Gasteiger partial charge is 0.480 e. The molecule has 0 aliphatic rings. The van der Waals surface area contributed by atoms with Gasteiger partial charge in [-0.15, -0.1) is 0 Å². The number of nitrogens with one attached hydrogen (secondary N) is 1. The Labute approximate surface area is 67.8 Å². The Morgan fingerprint density at radius 1 is 1.55 bits per heavy atom. The van der Waals surface area contributed by atoms with Crippen LogP contribution >= 0.6 is 0 Å². The molecule has 0 rings (SSSR count). The van der Waals surface area contributed by atoms with E-state index < -0.39 is 5.97 Å². The van der Waals surface area contributed by atoms with Crippen LogP contribution in [0.25, 0.3) is 0 Å². The molecule has 0 radical (unpaired) electrons. The highest BCUT2D eigenvalue weighted by molar-refractivity contribution is 5.73. The molecule has 2 N–H and O–H groups in total. The van der Waals surface area contributed by atoms with E-state index in [-0.39, 0.29) is 12.0 Å². The third-order valence-electron chi connectivity index (χ3n) is 1.90. The molecular weight excluding hydrogens is 142 g/mol. The Morgan fingerprint density at radius 3 is 2.36 bits per heavy atom. The number of hydrogen-bond acceptors (Lipinski definition) is 2. The molecule has 0 fully saturated rings. The average Bonchev–Trinajstić information content (AvgIpc) is 1.98. The summed E-state index contributed by atoms with van der Waals surface area (Å²) in [5.41, 5.74) is 0. The van der Waals surface area contributed by atoms with Crippen LogP contribution in [0.5, 0.6) is 0 Å². The lowest BCUT2D eigenvalue weighted by molar-refractivity contribution is -0.140. The molecule has 0 amide bonds. The maximum absolute atomic E-state index is 10.6. The number of rotatable bonds is 5. The standard InChI is InChI=1S/C8H17NO2/c1-4-6(3)7(8(10)11)9-5-2/h6-7,9H,4-5H2,1-3H3,(H,10,11)/t6-,7+/m0/s1. The molecule has 3 heteroatoms. The Bertz CT molecular complexity index is 125. The fourth-order valence-corrected chi connectivity index (χ4v) is 0.988. The molecule has 0 aliphatic heterocycles. The predicted molar refractivity (Wildman–Crippen MR) is 44.6 cm³/mol. The molecule has 0 saturated heterocycles. The lowest BCUT2D eigenvalue weighted by Gasteiger charge is -2.18. The van der Waals surface area contributed by atoms with Crippen LogP contribution in [0.1, 0.15) is 27.2 Å². The van der Waals surface area contributed by atoms with Gasteiger partial charge in [0, 0.05) is 0 Å². The summed E-state index contributed by atoms with van der Waals surface area (Å²) in [6.07, 6.45) is 0.893. The molecule has 0 aliphatic carbocycles. The van der Waals surface area contributed by atoms with E-state index in [4.69, 9.17) is 5.11 Å². The number of aliphatic carboxylic acids is 1. The molecule has 0 heterocycles. The molecule has 11 heavy (non-hydrogen) atoms. The quantitative estimate of drug-likeness (QED) is 0.631. The van der Waals surface area contributed by atoms with Crippen LogP contribution in [0, 0.1) is 5.92 Å². The van der Waals surface area contributed by atoms with Crippen molar-refractivity contribution in [3.8, 4) is 0 Å². The first kappa shape index (κ1) is 10.4. The van der Waals surface area contributed by atoms with E-state index in [1.165, 1.54) is 0 Å². The second-order valence-corrected chi connectivity index (χ2v) is 2.76. The summed E-state index contributed by atoms with van der Waals surface area (Å²) in [6.45, 7) is 6.57. The van der Waals surface area contributed by atoms with E-state index in [0.29, 0.717) is 6.54 Å². The normalized spacial score (nSPS) is 15.9. The summed E-state index contributed by atoms with van der Waals surface area (Å²) >= 11 is 0. The van der Waals surface area contributed by atoms with Crippen molar-refractivity contribution in [1.82, 2.24) is 5.32 Å². The first-order valence-corrected chi connectivity index (χ1v) is 4.09. The molecule has 0 bridgehead atoms. The van der Waals surface area contributed by atoms with E-state index in [1.807, 2.05) is 20.8 Å². The average molecular weight is 159 g/mol. The van der Waals surface area contributed by atoms with Crippen molar-refractivity contribution in [3.05, 3.63) is 0 Å². The van der Waals surface area contributed by atoms with Crippen molar-refractivity contribution in [1.29, 1.82) is 0 Å². The second-order valence-electron chi connectivity index (χ2n) is 2.76. The molecule has 0 unspecified atom stereocenters. The maximum Gasteiger partial charge on any atom is 0.320 e. The van der Waals surface area contributed by atoms with Crippen molar-refractivity contribution in [2.45, 2.75) is 33.2 Å². The van der Waals surface area contributed by atoms with Crippen molar-refractivity contribution < 1.29 is 9.90 Å². The molecule has 66 valence electrons. The zero-order valence-electron chi connectivity index (χ0n) is 7.42. The van der Waals surface area contributed by atoms with Crippen LogP contribution in [-0.4, -0.2) is 23.7 Å². The monoisotopic (exact) mass is 159 g/mol. The van der Waals surface area contributed by atoms with Gasteiger partial charge >= 0.3 is 5.97 Å². The number of carboxylic acid groups (broad SMARTS) is 1. The van der Waals surface area contributed by atoms with Crippen molar-refractivity contribution in [3.63, 3.8) is 0 Å². The van der Waals surface area contributed by atoms with Gasteiger partial charge in [-0.05, 0) is 12.5 Å². The number of carboxylic acids is 1. The van der Waals surface area contributed by atoms with Crippen molar-refractivity contribution >= 4 is 5.97 Å². The molecule has 3 nitrogen and oxygen atoms in total. The lowest BCUT2D eigenvalue weighted by Crippen LogP contribution is -2.41. The van der Waals surface area contributed by atoms with Crippen LogP contribution in [-0.2, 0) is 4.79 Å². The highest BCUT2D eigenvalue weighted by atomic mass is 16.4. The van der Waals surface area contributed by atoms with Gasteiger partial charge in [-0.3, -0.25) is 4.79 Å². The minimum atomic E-state index is -0.749. The van der Waals surface area contributed by atoms with Crippen LogP contribution in [0.3, 0.4) is 0 Å². The van der Waals surface area contributed by atoms with E-state index >= 15 is 0 Å². The topological polar surface area (TPSA) is 49.3 Å². The molecule has 0 saturated carbocycles. The molecule has 0 aromatic carbocycles. The smallest absolute Gasteiger partial charge is 0.320 e.